The molecule has 0 unspecified atom stereocenters. The molecule has 4 heterocycles. The number of fused-ring (bicyclic) bond motifs is 2. The van der Waals surface area contributed by atoms with Crippen molar-refractivity contribution in [3.63, 3.8) is 0 Å². The Balaban J connectivity index is 1.61. The molecule has 3 aromatic heterocycles. The summed E-state index contributed by atoms with van der Waals surface area (Å²) < 4.78 is 11.0. The van der Waals surface area contributed by atoms with E-state index >= 15 is 0 Å². The molecule has 1 aliphatic heterocycles. The van der Waals surface area contributed by atoms with E-state index in [-0.39, 0.29) is 13.4 Å². The molecule has 9 heteroatoms. The molecule has 5 rings (SSSR count). The van der Waals surface area contributed by atoms with Gasteiger partial charge in [0.25, 0.3) is 0 Å². The Bertz CT molecular complexity index is 1230. The average Bonchev–Trinajstić information content (AvgIpc) is 3.39. The molecule has 1 aliphatic rings. The molecular weight excluding hydrogens is 414 g/mol. The highest BCUT2D eigenvalue weighted by molar-refractivity contribution is 7.19. The van der Waals surface area contributed by atoms with Gasteiger partial charge in [0.1, 0.15) is 10.6 Å². The summed E-state index contributed by atoms with van der Waals surface area (Å²) in [6, 6.07) is 11.8. The number of anilines is 2. The highest BCUT2D eigenvalue weighted by Crippen LogP contribution is 2.44. The van der Waals surface area contributed by atoms with Crippen molar-refractivity contribution >= 4 is 33.3 Å². The Morgan fingerprint density at radius 2 is 2.00 bits per heavy atom. The van der Waals surface area contributed by atoms with Crippen LogP contribution in [0.25, 0.3) is 21.3 Å². The number of pyridine rings is 1. The number of thiophene rings is 1. The highest BCUT2D eigenvalue weighted by atomic mass is 32.1. The van der Waals surface area contributed by atoms with Crippen LogP contribution in [-0.4, -0.2) is 40.0 Å². The van der Waals surface area contributed by atoms with Crippen LogP contribution in [0.3, 0.4) is 0 Å². The predicted molar refractivity (Wildman–Crippen MR) is 121 cm³/mol. The third-order valence-electron chi connectivity index (χ3n) is 4.95. The van der Waals surface area contributed by atoms with Crippen molar-refractivity contribution in [3.05, 3.63) is 53.2 Å². The van der Waals surface area contributed by atoms with Crippen LogP contribution in [0.2, 0.25) is 0 Å². The van der Waals surface area contributed by atoms with Crippen LogP contribution in [0.15, 0.2) is 42.6 Å². The predicted octanol–water partition coefficient (Wildman–Crippen LogP) is 3.81. The fourth-order valence-corrected chi connectivity index (χ4v) is 4.61. The molecule has 0 bridgehead atoms. The molecule has 158 valence electrons. The van der Waals surface area contributed by atoms with Crippen molar-refractivity contribution in [2.45, 2.75) is 13.5 Å². The molecule has 0 atom stereocenters. The Morgan fingerprint density at radius 1 is 1.10 bits per heavy atom. The number of hydrogen-bond acceptors (Lipinski definition) is 9. The van der Waals surface area contributed by atoms with Gasteiger partial charge in [-0.05, 0) is 36.8 Å². The lowest BCUT2D eigenvalue weighted by atomic mass is 10.0. The SMILES string of the molecule is Cc1sc2nc(NCCO)nc(NCc3ccccn3)c2c1-c1ccc2c(c1)OCO2. The Labute approximate surface area is 182 Å². The third kappa shape index (κ3) is 3.85. The van der Waals surface area contributed by atoms with Gasteiger partial charge in [0, 0.05) is 23.2 Å². The molecule has 0 fully saturated rings. The number of aromatic nitrogens is 3. The van der Waals surface area contributed by atoms with Crippen LogP contribution in [0.5, 0.6) is 11.5 Å². The fraction of sp³-hybridized carbons (Fsp3) is 0.227. The van der Waals surface area contributed by atoms with E-state index in [1.807, 2.05) is 36.4 Å². The van der Waals surface area contributed by atoms with Gasteiger partial charge in [0.05, 0.1) is 24.2 Å². The van der Waals surface area contributed by atoms with Crippen molar-refractivity contribution in [1.82, 2.24) is 15.0 Å². The minimum absolute atomic E-state index is 0.00398. The lowest BCUT2D eigenvalue weighted by molar-refractivity contribution is 0.174. The molecule has 8 nitrogen and oxygen atoms in total. The lowest BCUT2D eigenvalue weighted by Crippen LogP contribution is -2.11. The standard InChI is InChI=1S/C22H21N5O3S/c1-13-18(14-5-6-16-17(10-14)30-12-29-16)19-20(25-11-15-4-2-3-7-23-15)26-22(24-8-9-28)27-21(19)31-13/h2-7,10,28H,8-9,11-12H2,1H3,(H2,24,25,26,27). The van der Waals surface area contributed by atoms with Gasteiger partial charge in [-0.1, -0.05) is 12.1 Å². The highest BCUT2D eigenvalue weighted by Gasteiger charge is 2.21. The molecule has 0 spiro atoms. The summed E-state index contributed by atoms with van der Waals surface area (Å²) >= 11 is 1.61. The number of aliphatic hydroxyl groups excluding tert-OH is 1. The van der Waals surface area contributed by atoms with E-state index in [1.54, 1.807) is 17.5 Å². The smallest absolute Gasteiger partial charge is 0.231 e. The van der Waals surface area contributed by atoms with Crippen molar-refractivity contribution in [2.24, 2.45) is 0 Å². The maximum absolute atomic E-state index is 9.17. The summed E-state index contributed by atoms with van der Waals surface area (Å²) in [7, 11) is 0. The van der Waals surface area contributed by atoms with Gasteiger partial charge in [0.2, 0.25) is 12.7 Å². The van der Waals surface area contributed by atoms with Gasteiger partial charge >= 0.3 is 0 Å². The zero-order valence-electron chi connectivity index (χ0n) is 16.9. The summed E-state index contributed by atoms with van der Waals surface area (Å²) in [6.07, 6.45) is 1.77. The number of benzene rings is 1. The Kier molecular flexibility index (Phi) is 5.27. The van der Waals surface area contributed by atoms with Crippen LogP contribution in [0, 0.1) is 6.92 Å². The van der Waals surface area contributed by atoms with Crippen LogP contribution in [0.4, 0.5) is 11.8 Å². The maximum Gasteiger partial charge on any atom is 0.231 e. The van der Waals surface area contributed by atoms with Gasteiger partial charge in [-0.3, -0.25) is 4.98 Å². The van der Waals surface area contributed by atoms with Gasteiger partial charge < -0.3 is 25.2 Å². The van der Waals surface area contributed by atoms with Gasteiger partial charge in [-0.25, -0.2) is 4.98 Å². The number of aryl methyl sites for hydroxylation is 1. The number of aliphatic hydroxyl groups is 1. The molecule has 4 aromatic rings. The van der Waals surface area contributed by atoms with Gasteiger partial charge in [-0.15, -0.1) is 11.3 Å². The zero-order chi connectivity index (χ0) is 21.2. The van der Waals surface area contributed by atoms with Crippen LogP contribution in [0.1, 0.15) is 10.6 Å². The summed E-state index contributed by atoms with van der Waals surface area (Å²) in [4.78, 5) is 15.8. The first-order valence-corrected chi connectivity index (χ1v) is 10.7. The summed E-state index contributed by atoms with van der Waals surface area (Å²) in [5.41, 5.74) is 3.00. The second-order valence-corrected chi connectivity index (χ2v) is 8.21. The quantitative estimate of drug-likeness (QED) is 0.403. The van der Waals surface area contributed by atoms with E-state index in [0.29, 0.717) is 24.9 Å². The summed E-state index contributed by atoms with van der Waals surface area (Å²) in [6.45, 7) is 3.23. The monoisotopic (exact) mass is 435 g/mol. The number of nitrogens with one attached hydrogen (secondary N) is 2. The van der Waals surface area contributed by atoms with E-state index in [9.17, 15) is 5.11 Å². The summed E-state index contributed by atoms with van der Waals surface area (Å²) in [5.74, 6) is 2.68. The molecule has 0 aliphatic carbocycles. The van der Waals surface area contributed by atoms with E-state index in [4.69, 9.17) is 14.5 Å². The largest absolute Gasteiger partial charge is 0.454 e. The van der Waals surface area contributed by atoms with Crippen molar-refractivity contribution < 1.29 is 14.6 Å². The fourth-order valence-electron chi connectivity index (χ4n) is 3.56. The Hall–Kier alpha value is -3.43. The number of nitrogens with zero attached hydrogens (tertiary/aromatic N) is 3. The van der Waals surface area contributed by atoms with Crippen LogP contribution >= 0.6 is 11.3 Å². The second-order valence-electron chi connectivity index (χ2n) is 7.00. The molecule has 1 aromatic carbocycles. The number of ether oxygens (including phenoxy) is 2. The lowest BCUT2D eigenvalue weighted by Gasteiger charge is -2.12. The van der Waals surface area contributed by atoms with Crippen LogP contribution < -0.4 is 20.1 Å². The molecule has 0 saturated heterocycles. The average molecular weight is 436 g/mol. The maximum atomic E-state index is 9.17. The second kappa shape index (κ2) is 8.37. The number of hydrogen-bond donors (Lipinski definition) is 3. The topological polar surface area (TPSA) is 101 Å². The van der Waals surface area contributed by atoms with Gasteiger partial charge in [-0.2, -0.15) is 4.98 Å². The minimum atomic E-state index is 0.00398. The molecule has 0 radical (unpaired) electrons. The van der Waals surface area contributed by atoms with Crippen molar-refractivity contribution in [2.75, 3.05) is 30.6 Å². The Morgan fingerprint density at radius 3 is 2.84 bits per heavy atom. The third-order valence-corrected chi connectivity index (χ3v) is 5.95. The zero-order valence-corrected chi connectivity index (χ0v) is 17.7. The first kappa shape index (κ1) is 19.5. The van der Waals surface area contributed by atoms with Crippen LogP contribution in [-0.2, 0) is 6.54 Å². The first-order valence-electron chi connectivity index (χ1n) is 9.92. The van der Waals surface area contributed by atoms with Gasteiger partial charge in [0.15, 0.2) is 11.5 Å². The van der Waals surface area contributed by atoms with E-state index in [0.717, 1.165) is 43.4 Å². The first-order chi connectivity index (χ1) is 15.2. The molecular formula is C22H21N5O3S. The van der Waals surface area contributed by atoms with Crippen molar-refractivity contribution in [1.29, 1.82) is 0 Å². The molecule has 0 saturated carbocycles. The summed E-state index contributed by atoms with van der Waals surface area (Å²) in [5, 5.41) is 16.6. The molecule has 0 amide bonds. The molecule has 3 N–H and O–H groups in total. The van der Waals surface area contributed by atoms with Crippen molar-refractivity contribution in [3.8, 4) is 22.6 Å². The van der Waals surface area contributed by atoms with E-state index in [1.165, 1.54) is 0 Å². The normalized spacial score (nSPS) is 12.3. The van der Waals surface area contributed by atoms with E-state index < -0.39 is 0 Å². The molecule has 31 heavy (non-hydrogen) atoms. The van der Waals surface area contributed by atoms with E-state index in [2.05, 4.69) is 27.5 Å². The minimum Gasteiger partial charge on any atom is -0.454 e. The number of rotatable bonds is 7.